The molecule has 3 nitrogen and oxygen atoms in total. The van der Waals surface area contributed by atoms with Crippen molar-refractivity contribution in [1.82, 2.24) is 0 Å². The Morgan fingerprint density at radius 2 is 2.17 bits per heavy atom. The van der Waals surface area contributed by atoms with E-state index >= 15 is 0 Å². The lowest BCUT2D eigenvalue weighted by atomic mass is 9.80. The Morgan fingerprint density at radius 1 is 1.50 bits per heavy atom. The van der Waals surface area contributed by atoms with Crippen molar-refractivity contribution < 1.29 is 21.6 Å². The van der Waals surface area contributed by atoms with Gasteiger partial charge in [0.25, 0.3) is 0 Å². The average molecular weight is 171 g/mol. The minimum absolute atomic E-state index is 0.00414. The molecule has 0 fully saturated rings. The molecular weight excluding hydrogens is 155 g/mol. The molecule has 0 bridgehead atoms. The van der Waals surface area contributed by atoms with E-state index in [1.54, 1.807) is 0 Å². The molecule has 0 atom stereocenters. The molecule has 1 rings (SSSR count). The number of ether oxygens (including phenoxy) is 1. The van der Waals surface area contributed by atoms with Crippen molar-refractivity contribution in [2.24, 2.45) is 0 Å². The topological polar surface area (TPSA) is 49.7 Å². The number of hydrogen-bond donors (Lipinski definition) is 2. The Labute approximate surface area is 78.8 Å². The van der Waals surface area contributed by atoms with Crippen LogP contribution in [0.4, 0.5) is 0 Å². The van der Waals surface area contributed by atoms with Crippen LogP contribution in [0, 0.1) is 0 Å². The minimum atomic E-state index is -2.90. The summed E-state index contributed by atoms with van der Waals surface area (Å²) in [6, 6.07) is 5.13. The van der Waals surface area contributed by atoms with Crippen LogP contribution in [0.1, 0.15) is 13.7 Å². The summed E-state index contributed by atoms with van der Waals surface area (Å²) in [5, 5.41) is 17.7. The smallest absolute Gasteiger partial charge is 0.488 e. The second-order valence-corrected chi connectivity index (χ2v) is 2.15. The number of benzene rings is 1. The van der Waals surface area contributed by atoms with Crippen LogP contribution in [-0.4, -0.2) is 23.7 Å². The summed E-state index contributed by atoms with van der Waals surface area (Å²) in [6.07, 6.45) is 0. The van der Waals surface area contributed by atoms with Crippen LogP contribution in [0.15, 0.2) is 24.3 Å². The second-order valence-electron chi connectivity index (χ2n) is 2.15. The van der Waals surface area contributed by atoms with E-state index in [1.165, 1.54) is 24.3 Å². The van der Waals surface area contributed by atoms with Gasteiger partial charge in [0.15, 0.2) is 0 Å². The molecule has 0 radical (unpaired) electrons. The van der Waals surface area contributed by atoms with Crippen LogP contribution < -0.4 is 10.2 Å². The molecular formula is C8H11BO3. The van der Waals surface area contributed by atoms with Crippen LogP contribution >= 0.6 is 0 Å². The summed E-state index contributed by atoms with van der Waals surface area (Å²) in [5.41, 5.74) is 0.201. The zero-order chi connectivity index (χ0) is 13.3. The SMILES string of the molecule is [2H]C([2H])([2H])C([2H])([2H])Oc1ccc(B(O)O)cc1. The molecule has 1 aromatic carbocycles. The van der Waals surface area contributed by atoms with E-state index in [9.17, 15) is 0 Å². The highest BCUT2D eigenvalue weighted by molar-refractivity contribution is 6.58. The molecule has 12 heavy (non-hydrogen) atoms. The van der Waals surface area contributed by atoms with Gasteiger partial charge in [-0.1, -0.05) is 12.1 Å². The normalized spacial score (nSPS) is 18.0. The van der Waals surface area contributed by atoms with Gasteiger partial charge in [-0.05, 0) is 24.4 Å². The van der Waals surface area contributed by atoms with E-state index < -0.39 is 20.5 Å². The molecule has 0 aromatic heterocycles. The molecule has 2 N–H and O–H groups in total. The zero-order valence-electron chi connectivity index (χ0n) is 11.2. The molecule has 64 valence electrons. The van der Waals surface area contributed by atoms with Crippen molar-refractivity contribution in [2.75, 3.05) is 6.56 Å². The van der Waals surface area contributed by atoms with Gasteiger partial charge in [0.1, 0.15) is 5.75 Å². The van der Waals surface area contributed by atoms with E-state index in [-0.39, 0.29) is 11.2 Å². The first-order chi connectivity index (χ1) is 7.63. The third-order valence-corrected chi connectivity index (χ3v) is 1.35. The highest BCUT2D eigenvalue weighted by atomic mass is 16.5. The maximum atomic E-state index is 8.83. The lowest BCUT2D eigenvalue weighted by Gasteiger charge is -2.03. The summed E-state index contributed by atoms with van der Waals surface area (Å²) >= 11 is 0. The van der Waals surface area contributed by atoms with Crippen molar-refractivity contribution in [2.45, 2.75) is 6.85 Å². The fourth-order valence-electron chi connectivity index (χ4n) is 0.767. The van der Waals surface area contributed by atoms with Gasteiger partial charge in [0.05, 0.1) is 9.30 Å². The maximum absolute atomic E-state index is 8.83. The fraction of sp³-hybridized carbons (Fsp3) is 0.250. The molecule has 4 heteroatoms. The highest BCUT2D eigenvalue weighted by Gasteiger charge is 2.09. The van der Waals surface area contributed by atoms with Gasteiger partial charge in [-0.25, -0.2) is 0 Å². The summed E-state index contributed by atoms with van der Waals surface area (Å²) in [6.45, 7) is -5.70. The van der Waals surface area contributed by atoms with Gasteiger partial charge >= 0.3 is 7.12 Å². The van der Waals surface area contributed by atoms with Crippen LogP contribution in [-0.2, 0) is 0 Å². The third kappa shape index (κ3) is 2.25. The Bertz CT molecular complexity index is 376. The summed E-state index contributed by atoms with van der Waals surface area (Å²) in [5.74, 6) is -0.00414. The van der Waals surface area contributed by atoms with E-state index in [4.69, 9.17) is 21.6 Å². The van der Waals surface area contributed by atoms with Gasteiger partial charge in [-0.3, -0.25) is 0 Å². The summed E-state index contributed by atoms with van der Waals surface area (Å²) in [4.78, 5) is 0. The summed E-state index contributed by atoms with van der Waals surface area (Å²) < 4.78 is 40.0. The van der Waals surface area contributed by atoms with Crippen molar-refractivity contribution in [3.8, 4) is 5.75 Å². The molecule has 0 saturated carbocycles. The average Bonchev–Trinajstić information content (AvgIpc) is 2.16. The number of rotatable bonds is 3. The molecule has 0 aliphatic carbocycles. The Kier molecular flexibility index (Phi) is 1.48. The van der Waals surface area contributed by atoms with Crippen molar-refractivity contribution in [1.29, 1.82) is 0 Å². The van der Waals surface area contributed by atoms with E-state index in [0.717, 1.165) is 0 Å². The lowest BCUT2D eigenvalue weighted by Crippen LogP contribution is -2.29. The summed E-state index contributed by atoms with van der Waals surface area (Å²) in [7, 11) is -1.64. The zero-order valence-corrected chi connectivity index (χ0v) is 6.19. The van der Waals surface area contributed by atoms with Gasteiger partial charge in [-0.15, -0.1) is 0 Å². The van der Waals surface area contributed by atoms with E-state index in [1.807, 2.05) is 0 Å². The highest BCUT2D eigenvalue weighted by Crippen LogP contribution is 2.06. The predicted molar refractivity (Wildman–Crippen MR) is 47.4 cm³/mol. The van der Waals surface area contributed by atoms with Gasteiger partial charge in [-0.2, -0.15) is 0 Å². The largest absolute Gasteiger partial charge is 0.494 e. The quantitative estimate of drug-likeness (QED) is 0.617. The molecule has 0 heterocycles. The van der Waals surface area contributed by atoms with Crippen LogP contribution in [0.2, 0.25) is 0 Å². The standard InChI is InChI=1S/C8H11BO3/c1-2-12-8-5-3-7(4-6-8)9(10)11/h3-6,10-11H,2H2,1H3/i1D3,2D2. The minimum Gasteiger partial charge on any atom is -0.494 e. The first-order valence-corrected chi connectivity index (χ1v) is 3.28. The molecule has 0 aliphatic rings. The Balaban J connectivity index is 2.83. The van der Waals surface area contributed by atoms with Gasteiger partial charge in [0.2, 0.25) is 0 Å². The lowest BCUT2D eigenvalue weighted by molar-refractivity contribution is 0.340. The molecule has 0 amide bonds. The van der Waals surface area contributed by atoms with Crippen molar-refractivity contribution in [3.63, 3.8) is 0 Å². The molecule has 0 spiro atoms. The molecule has 0 aliphatic heterocycles. The maximum Gasteiger partial charge on any atom is 0.488 e. The Hall–Kier alpha value is -0.995. The van der Waals surface area contributed by atoms with Crippen LogP contribution in [0.5, 0.6) is 5.75 Å². The first kappa shape index (κ1) is 4.30. The molecule has 0 unspecified atom stereocenters. The van der Waals surface area contributed by atoms with Gasteiger partial charge < -0.3 is 14.8 Å². The monoisotopic (exact) mass is 171 g/mol. The van der Waals surface area contributed by atoms with Crippen molar-refractivity contribution >= 4 is 12.6 Å². The predicted octanol–water partition coefficient (Wildman–Crippen LogP) is -0.235. The Morgan fingerprint density at radius 3 is 2.67 bits per heavy atom. The van der Waals surface area contributed by atoms with E-state index in [0.29, 0.717) is 0 Å². The van der Waals surface area contributed by atoms with Gasteiger partial charge in [0, 0.05) is 4.11 Å². The fourth-order valence-corrected chi connectivity index (χ4v) is 0.767. The number of hydrogen-bond acceptors (Lipinski definition) is 3. The molecule has 1 aromatic rings. The second kappa shape index (κ2) is 4.14. The van der Waals surface area contributed by atoms with E-state index in [2.05, 4.69) is 0 Å². The molecule has 0 saturated heterocycles. The first-order valence-electron chi connectivity index (χ1n) is 5.78. The van der Waals surface area contributed by atoms with Crippen LogP contribution in [0.3, 0.4) is 0 Å². The van der Waals surface area contributed by atoms with Crippen molar-refractivity contribution in [3.05, 3.63) is 24.3 Å². The van der Waals surface area contributed by atoms with Crippen LogP contribution in [0.25, 0.3) is 0 Å². The third-order valence-electron chi connectivity index (χ3n) is 1.35.